The van der Waals surface area contributed by atoms with E-state index in [9.17, 15) is 24.8 Å². The van der Waals surface area contributed by atoms with Crippen molar-refractivity contribution < 1.29 is 24.4 Å². The molecule has 0 saturated carbocycles. The fourth-order valence-electron chi connectivity index (χ4n) is 3.50. The minimum atomic E-state index is -1.11. The van der Waals surface area contributed by atoms with Crippen molar-refractivity contribution in [1.82, 2.24) is 15.3 Å². The Bertz CT molecular complexity index is 1190. The molecule has 184 valence electrons. The molecule has 35 heavy (non-hydrogen) atoms. The third-order valence-electron chi connectivity index (χ3n) is 5.46. The Balaban J connectivity index is 1.86. The predicted molar refractivity (Wildman–Crippen MR) is 129 cm³/mol. The molecule has 0 aliphatic rings. The zero-order valence-corrected chi connectivity index (χ0v) is 19.6. The van der Waals surface area contributed by atoms with Crippen molar-refractivity contribution in [2.45, 2.75) is 45.6 Å². The summed E-state index contributed by atoms with van der Waals surface area (Å²) in [5, 5.41) is 23.5. The first-order valence-electron chi connectivity index (χ1n) is 11.4. The van der Waals surface area contributed by atoms with Crippen LogP contribution >= 0.6 is 0 Å². The van der Waals surface area contributed by atoms with Crippen LogP contribution in [-0.4, -0.2) is 38.5 Å². The second-order valence-electron chi connectivity index (χ2n) is 7.99. The highest BCUT2D eigenvalue weighted by atomic mass is 16.6. The highest BCUT2D eigenvalue weighted by Crippen LogP contribution is 2.27. The molecule has 1 heterocycles. The number of ether oxygens (including phenoxy) is 1. The van der Waals surface area contributed by atoms with Gasteiger partial charge in [-0.1, -0.05) is 26.3 Å². The number of unbranched alkanes of at least 4 members (excludes halogenated alkanes) is 1. The summed E-state index contributed by atoms with van der Waals surface area (Å²) in [6, 6.07) is 10.4. The summed E-state index contributed by atoms with van der Waals surface area (Å²) >= 11 is 0. The Labute approximate surface area is 202 Å². The number of hydrogen-bond acceptors (Lipinski definition) is 6. The van der Waals surface area contributed by atoms with Crippen molar-refractivity contribution in [3.63, 3.8) is 0 Å². The van der Waals surface area contributed by atoms with E-state index in [1.54, 1.807) is 37.4 Å². The van der Waals surface area contributed by atoms with E-state index >= 15 is 0 Å². The van der Waals surface area contributed by atoms with Crippen LogP contribution in [0.25, 0.3) is 11.3 Å². The van der Waals surface area contributed by atoms with E-state index in [0.717, 1.165) is 18.4 Å². The fraction of sp³-hybridized carbons (Fsp3) is 0.320. The van der Waals surface area contributed by atoms with Crippen LogP contribution in [0.1, 0.15) is 60.9 Å². The van der Waals surface area contributed by atoms with E-state index in [2.05, 4.69) is 15.3 Å². The topological polar surface area (TPSA) is 147 Å². The van der Waals surface area contributed by atoms with Crippen LogP contribution in [0.4, 0.5) is 5.69 Å². The maximum Gasteiger partial charge on any atom is 0.339 e. The van der Waals surface area contributed by atoms with Gasteiger partial charge in [0.05, 0.1) is 29.5 Å². The molecule has 3 N–H and O–H groups in total. The number of aromatic amines is 1. The Morgan fingerprint density at radius 1 is 1.20 bits per heavy atom. The van der Waals surface area contributed by atoms with Gasteiger partial charge in [-0.05, 0) is 36.2 Å². The Kier molecular flexibility index (Phi) is 8.55. The summed E-state index contributed by atoms with van der Waals surface area (Å²) in [7, 11) is 0. The van der Waals surface area contributed by atoms with E-state index in [-0.39, 0.29) is 35.7 Å². The summed E-state index contributed by atoms with van der Waals surface area (Å²) < 4.78 is 5.64. The average Bonchev–Trinajstić information content (AvgIpc) is 3.32. The molecule has 0 fully saturated rings. The molecule has 1 atom stereocenters. The van der Waals surface area contributed by atoms with E-state index in [0.29, 0.717) is 23.7 Å². The van der Waals surface area contributed by atoms with Gasteiger partial charge in [0.15, 0.2) is 0 Å². The number of nitrogens with zero attached hydrogens (tertiary/aromatic N) is 2. The summed E-state index contributed by atoms with van der Waals surface area (Å²) in [4.78, 5) is 42.1. The molecule has 0 radical (unpaired) electrons. The molecule has 1 unspecified atom stereocenters. The number of hydrogen-bond donors (Lipinski definition) is 3. The fourth-order valence-corrected chi connectivity index (χ4v) is 3.50. The normalized spacial score (nSPS) is 11.6. The van der Waals surface area contributed by atoms with Gasteiger partial charge in [0, 0.05) is 30.5 Å². The highest BCUT2D eigenvalue weighted by Gasteiger charge is 2.21. The molecular weight excluding hydrogens is 452 g/mol. The smallest absolute Gasteiger partial charge is 0.339 e. The van der Waals surface area contributed by atoms with Crippen LogP contribution in [0.5, 0.6) is 5.75 Å². The van der Waals surface area contributed by atoms with Crippen molar-refractivity contribution in [3.05, 3.63) is 75.7 Å². The van der Waals surface area contributed by atoms with Gasteiger partial charge in [-0.3, -0.25) is 14.9 Å². The molecule has 1 amide bonds. The van der Waals surface area contributed by atoms with Gasteiger partial charge in [0.25, 0.3) is 5.69 Å². The third kappa shape index (κ3) is 6.66. The van der Waals surface area contributed by atoms with Crippen LogP contribution in [-0.2, 0) is 11.2 Å². The molecule has 0 aliphatic heterocycles. The van der Waals surface area contributed by atoms with Gasteiger partial charge in [0.1, 0.15) is 17.1 Å². The second kappa shape index (κ2) is 11.8. The molecule has 10 nitrogen and oxygen atoms in total. The lowest BCUT2D eigenvalue weighted by atomic mass is 10.00. The maximum absolute atomic E-state index is 12.2. The number of nitro benzene ring substituents is 1. The van der Waals surface area contributed by atoms with Gasteiger partial charge in [0.2, 0.25) is 5.91 Å². The summed E-state index contributed by atoms with van der Waals surface area (Å²) in [5.74, 6) is -0.441. The van der Waals surface area contributed by atoms with Crippen LogP contribution in [0.15, 0.2) is 48.7 Å². The molecular formula is C25H28N4O6. The van der Waals surface area contributed by atoms with E-state index in [1.807, 2.05) is 6.92 Å². The van der Waals surface area contributed by atoms with Gasteiger partial charge in [-0.15, -0.1) is 0 Å². The monoisotopic (exact) mass is 480 g/mol. The average molecular weight is 481 g/mol. The van der Waals surface area contributed by atoms with E-state index in [1.165, 1.54) is 18.2 Å². The Hall–Kier alpha value is -4.21. The van der Waals surface area contributed by atoms with Crippen molar-refractivity contribution >= 4 is 17.6 Å². The predicted octanol–water partition coefficient (Wildman–Crippen LogP) is 4.67. The number of carbonyl (C=O) groups excluding carboxylic acids is 1. The minimum Gasteiger partial charge on any atom is -0.493 e. The third-order valence-corrected chi connectivity index (χ3v) is 5.46. The SMILES string of the molecule is CCCCOc1ccc(C(Cc2ncc(-c3ccc([N+](=O)[O-])cc3)[nH]2)NC(=O)CC)cc1C(=O)O. The number of rotatable bonds is 12. The number of imidazole rings is 1. The number of benzene rings is 2. The number of non-ortho nitro benzene ring substituents is 1. The molecule has 0 aliphatic carbocycles. The van der Waals surface area contributed by atoms with Crippen LogP contribution in [0, 0.1) is 10.1 Å². The first-order chi connectivity index (χ1) is 16.8. The Morgan fingerprint density at radius 2 is 1.94 bits per heavy atom. The summed E-state index contributed by atoms with van der Waals surface area (Å²) in [6.45, 7) is 4.18. The number of carbonyl (C=O) groups is 2. The quantitative estimate of drug-likeness (QED) is 0.194. The van der Waals surface area contributed by atoms with Crippen LogP contribution in [0.3, 0.4) is 0 Å². The molecule has 0 spiro atoms. The first-order valence-corrected chi connectivity index (χ1v) is 11.4. The lowest BCUT2D eigenvalue weighted by Crippen LogP contribution is -2.29. The number of carboxylic acids is 1. The molecule has 1 aromatic heterocycles. The van der Waals surface area contributed by atoms with E-state index < -0.39 is 16.9 Å². The van der Waals surface area contributed by atoms with Gasteiger partial charge in [-0.2, -0.15) is 0 Å². The van der Waals surface area contributed by atoms with Gasteiger partial charge < -0.3 is 20.1 Å². The van der Waals surface area contributed by atoms with Crippen LogP contribution in [0.2, 0.25) is 0 Å². The number of H-pyrrole nitrogens is 1. The number of nitrogens with one attached hydrogen (secondary N) is 2. The lowest BCUT2D eigenvalue weighted by molar-refractivity contribution is -0.384. The minimum absolute atomic E-state index is 0.00724. The van der Waals surface area contributed by atoms with E-state index in [4.69, 9.17) is 4.74 Å². The number of nitro groups is 1. The zero-order chi connectivity index (χ0) is 25.4. The van der Waals surface area contributed by atoms with Crippen molar-refractivity contribution in [1.29, 1.82) is 0 Å². The number of carboxylic acid groups (broad SMARTS) is 1. The number of aromatic nitrogens is 2. The second-order valence-corrected chi connectivity index (χ2v) is 7.99. The standard InChI is InChI=1S/C25H28N4O6/c1-3-5-12-35-22-11-8-17(13-19(22)25(31)32)20(28-24(30)4-2)14-23-26-15-21(27-23)16-6-9-18(10-7-16)29(33)34/h6-11,13,15,20H,3-5,12,14H2,1-2H3,(H,26,27)(H,28,30)(H,31,32). The number of aromatic carboxylic acids is 1. The molecule has 10 heteroatoms. The summed E-state index contributed by atoms with van der Waals surface area (Å²) in [6.07, 6.45) is 3.91. The van der Waals surface area contributed by atoms with Crippen molar-refractivity contribution in [2.75, 3.05) is 6.61 Å². The van der Waals surface area contributed by atoms with Crippen molar-refractivity contribution in [2.24, 2.45) is 0 Å². The lowest BCUT2D eigenvalue weighted by Gasteiger charge is -2.20. The maximum atomic E-state index is 12.2. The molecule has 2 aromatic carbocycles. The van der Waals surface area contributed by atoms with Gasteiger partial charge in [-0.25, -0.2) is 9.78 Å². The van der Waals surface area contributed by atoms with Crippen LogP contribution < -0.4 is 10.1 Å². The van der Waals surface area contributed by atoms with Gasteiger partial charge >= 0.3 is 5.97 Å². The Morgan fingerprint density at radius 3 is 2.57 bits per heavy atom. The molecule has 3 rings (SSSR count). The largest absolute Gasteiger partial charge is 0.493 e. The highest BCUT2D eigenvalue weighted by molar-refractivity contribution is 5.91. The molecule has 3 aromatic rings. The number of amides is 1. The molecule has 0 bridgehead atoms. The summed E-state index contributed by atoms with van der Waals surface area (Å²) in [5.41, 5.74) is 2.03. The van der Waals surface area contributed by atoms with Crippen molar-refractivity contribution in [3.8, 4) is 17.0 Å². The zero-order valence-electron chi connectivity index (χ0n) is 19.6. The molecule has 0 saturated heterocycles. The first kappa shape index (κ1) is 25.4.